The number of anilines is 3. The third kappa shape index (κ3) is 6.82. The molecule has 4 heteroatoms. The lowest BCUT2D eigenvalue weighted by Crippen LogP contribution is -2.09. The summed E-state index contributed by atoms with van der Waals surface area (Å²) < 4.78 is 2.41. The zero-order valence-corrected chi connectivity index (χ0v) is 34.0. The molecule has 0 aliphatic carbocycles. The molecule has 0 unspecified atom stereocenters. The average Bonchev–Trinajstić information content (AvgIpc) is 3.64. The number of benzene rings is 8. The van der Waals surface area contributed by atoms with Gasteiger partial charge in [-0.15, -0.1) is 0 Å². The summed E-state index contributed by atoms with van der Waals surface area (Å²) in [6.07, 6.45) is 0.980. The van der Waals surface area contributed by atoms with Crippen LogP contribution in [0.4, 0.5) is 17.1 Å². The predicted molar refractivity (Wildman–Crippen MR) is 252 cm³/mol. The number of aryl methyl sites for hydroxylation is 3. The van der Waals surface area contributed by atoms with E-state index in [1.165, 1.54) is 49.6 Å². The third-order valence-corrected chi connectivity index (χ3v) is 11.6. The fraction of sp³-hybridized carbons (Fsp3) is 0.0714. The van der Waals surface area contributed by atoms with E-state index in [9.17, 15) is 0 Å². The summed E-state index contributed by atoms with van der Waals surface area (Å²) in [5, 5.41) is 2.49. The van der Waals surface area contributed by atoms with Crippen molar-refractivity contribution in [2.75, 3.05) is 4.90 Å². The van der Waals surface area contributed by atoms with Gasteiger partial charge >= 0.3 is 0 Å². The summed E-state index contributed by atoms with van der Waals surface area (Å²) in [5.41, 5.74) is 18.0. The molecule has 0 spiro atoms. The van der Waals surface area contributed by atoms with E-state index in [2.05, 4.69) is 206 Å². The van der Waals surface area contributed by atoms with Crippen LogP contribution in [0, 0.1) is 13.8 Å². The van der Waals surface area contributed by atoms with E-state index in [0.29, 0.717) is 0 Å². The first-order valence-electron chi connectivity index (χ1n) is 20.7. The van der Waals surface area contributed by atoms with Crippen molar-refractivity contribution in [3.8, 4) is 50.7 Å². The summed E-state index contributed by atoms with van der Waals surface area (Å²) in [4.78, 5) is 12.5. The van der Waals surface area contributed by atoms with Gasteiger partial charge in [0.1, 0.15) is 0 Å². The van der Waals surface area contributed by atoms with Gasteiger partial charge in [-0.2, -0.15) is 0 Å². The van der Waals surface area contributed by atoms with Crippen LogP contribution in [-0.4, -0.2) is 14.5 Å². The molecular formula is C56H44N4. The van der Waals surface area contributed by atoms with E-state index >= 15 is 0 Å². The monoisotopic (exact) mass is 772 g/mol. The van der Waals surface area contributed by atoms with Gasteiger partial charge in [-0.25, -0.2) is 9.97 Å². The summed E-state index contributed by atoms with van der Waals surface area (Å²) >= 11 is 0. The number of hydrogen-bond donors (Lipinski definition) is 0. The normalized spacial score (nSPS) is 11.3. The highest BCUT2D eigenvalue weighted by atomic mass is 15.1. The van der Waals surface area contributed by atoms with Crippen molar-refractivity contribution >= 4 is 38.9 Å². The summed E-state index contributed by atoms with van der Waals surface area (Å²) in [5.74, 6) is 0.723. The summed E-state index contributed by atoms with van der Waals surface area (Å²) in [7, 11) is 0. The highest BCUT2D eigenvalue weighted by molar-refractivity contribution is 6.11. The van der Waals surface area contributed by atoms with E-state index in [1.807, 2.05) is 24.3 Å². The highest BCUT2D eigenvalue weighted by Gasteiger charge is 2.19. The lowest BCUT2D eigenvalue weighted by atomic mass is 9.93. The lowest BCUT2D eigenvalue weighted by Gasteiger charge is -2.25. The SMILES string of the molecule is CCc1ccc2c(c1)c1cc(N(c3ccccc3)c3ccccc3)ccc1n2-c1ccc(-c2cc(C)c(-c3cc(-c4ccccc4)nc(-c4ccccc4)n3)cc2C)cc1. The number of hydrogen-bond acceptors (Lipinski definition) is 3. The first kappa shape index (κ1) is 36.8. The Bertz CT molecular complexity index is 3020. The number of fused-ring (bicyclic) bond motifs is 3. The standard InChI is InChI=1S/C56H44N4/c1-4-40-25-31-54-50(35-40)51-36-47(59(44-21-13-7-14-22-44)45-23-15-8-16-24-45)30-32-55(51)60(54)46-28-26-41(27-29-46)48-33-39(3)49(34-38(48)2)53-37-52(42-17-9-5-10-18-42)57-56(58-53)43-19-11-6-12-20-43/h5-37H,4H2,1-3H3. The molecular weight excluding hydrogens is 729 g/mol. The van der Waals surface area contributed by atoms with Gasteiger partial charge in [-0.1, -0.05) is 128 Å². The number of rotatable bonds is 9. The second kappa shape index (κ2) is 15.7. The van der Waals surface area contributed by atoms with Gasteiger partial charge in [0.25, 0.3) is 0 Å². The topological polar surface area (TPSA) is 34.0 Å². The van der Waals surface area contributed by atoms with E-state index in [1.54, 1.807) is 0 Å². The molecule has 0 N–H and O–H groups in total. The van der Waals surface area contributed by atoms with Crippen LogP contribution in [0.2, 0.25) is 0 Å². The molecule has 10 rings (SSSR count). The minimum absolute atomic E-state index is 0.723. The zero-order valence-electron chi connectivity index (χ0n) is 34.0. The van der Waals surface area contributed by atoms with Crippen molar-refractivity contribution in [3.63, 3.8) is 0 Å². The Balaban J connectivity index is 1.04. The lowest BCUT2D eigenvalue weighted by molar-refractivity contribution is 1.14. The Morgan fingerprint density at radius 1 is 0.433 bits per heavy atom. The molecule has 0 saturated carbocycles. The van der Waals surface area contributed by atoms with Gasteiger partial charge in [-0.05, 0) is 127 Å². The zero-order chi connectivity index (χ0) is 40.6. The van der Waals surface area contributed by atoms with Gasteiger partial charge in [-0.3, -0.25) is 0 Å². The molecule has 2 aromatic heterocycles. The molecule has 4 nitrogen and oxygen atoms in total. The van der Waals surface area contributed by atoms with Gasteiger partial charge in [0, 0.05) is 50.2 Å². The molecule has 0 aliphatic rings. The Morgan fingerprint density at radius 3 is 1.60 bits per heavy atom. The van der Waals surface area contributed by atoms with Gasteiger partial charge in [0.05, 0.1) is 22.4 Å². The highest BCUT2D eigenvalue weighted by Crippen LogP contribution is 2.41. The molecule has 0 amide bonds. The van der Waals surface area contributed by atoms with E-state index in [0.717, 1.165) is 63.1 Å². The summed E-state index contributed by atoms with van der Waals surface area (Å²) in [6.45, 7) is 6.62. The van der Waals surface area contributed by atoms with Crippen molar-refractivity contribution in [3.05, 3.63) is 217 Å². The number of para-hydroxylation sites is 2. The average molecular weight is 773 g/mol. The Hall–Kier alpha value is -7.56. The first-order chi connectivity index (χ1) is 29.5. The Morgan fingerprint density at radius 2 is 0.967 bits per heavy atom. The quantitative estimate of drug-likeness (QED) is 0.147. The van der Waals surface area contributed by atoms with Crippen molar-refractivity contribution in [2.45, 2.75) is 27.2 Å². The largest absolute Gasteiger partial charge is 0.310 e. The molecule has 2 heterocycles. The number of aromatic nitrogens is 3. The molecule has 0 bridgehead atoms. The minimum Gasteiger partial charge on any atom is -0.310 e. The molecule has 0 radical (unpaired) electrons. The van der Waals surface area contributed by atoms with Crippen LogP contribution >= 0.6 is 0 Å². The second-order valence-electron chi connectivity index (χ2n) is 15.5. The first-order valence-corrected chi connectivity index (χ1v) is 20.7. The molecule has 0 atom stereocenters. The fourth-order valence-corrected chi connectivity index (χ4v) is 8.55. The third-order valence-electron chi connectivity index (χ3n) is 11.6. The van der Waals surface area contributed by atoms with Crippen molar-refractivity contribution in [1.29, 1.82) is 0 Å². The van der Waals surface area contributed by atoms with Crippen LogP contribution in [0.5, 0.6) is 0 Å². The second-order valence-corrected chi connectivity index (χ2v) is 15.5. The van der Waals surface area contributed by atoms with Gasteiger partial charge < -0.3 is 9.47 Å². The Kier molecular flexibility index (Phi) is 9.59. The van der Waals surface area contributed by atoms with E-state index in [4.69, 9.17) is 9.97 Å². The summed E-state index contributed by atoms with van der Waals surface area (Å²) in [6, 6.07) is 71.5. The molecule has 0 fully saturated rings. The van der Waals surface area contributed by atoms with Crippen LogP contribution in [0.15, 0.2) is 200 Å². The smallest absolute Gasteiger partial charge is 0.160 e. The van der Waals surface area contributed by atoms with Crippen LogP contribution in [0.1, 0.15) is 23.6 Å². The van der Waals surface area contributed by atoms with Crippen molar-refractivity contribution in [1.82, 2.24) is 14.5 Å². The number of nitrogens with zero attached hydrogens (tertiary/aromatic N) is 4. The van der Waals surface area contributed by atoms with Crippen LogP contribution in [0.25, 0.3) is 72.5 Å². The maximum atomic E-state index is 5.13. The molecule has 60 heavy (non-hydrogen) atoms. The van der Waals surface area contributed by atoms with Gasteiger partial charge in [0.2, 0.25) is 0 Å². The van der Waals surface area contributed by atoms with Crippen LogP contribution < -0.4 is 4.90 Å². The van der Waals surface area contributed by atoms with Crippen LogP contribution in [0.3, 0.4) is 0 Å². The van der Waals surface area contributed by atoms with Crippen LogP contribution in [-0.2, 0) is 6.42 Å². The maximum absolute atomic E-state index is 5.13. The fourth-order valence-electron chi connectivity index (χ4n) is 8.55. The van der Waals surface area contributed by atoms with Crippen molar-refractivity contribution < 1.29 is 0 Å². The molecule has 0 aliphatic heterocycles. The molecule has 0 saturated heterocycles. The predicted octanol–water partition coefficient (Wildman–Crippen LogP) is 14.9. The maximum Gasteiger partial charge on any atom is 0.160 e. The van der Waals surface area contributed by atoms with Gasteiger partial charge in [0.15, 0.2) is 5.82 Å². The van der Waals surface area contributed by atoms with E-state index < -0.39 is 0 Å². The van der Waals surface area contributed by atoms with Crippen molar-refractivity contribution in [2.24, 2.45) is 0 Å². The molecule has 8 aromatic carbocycles. The Labute approximate surface area is 351 Å². The molecule has 10 aromatic rings. The minimum atomic E-state index is 0.723. The van der Waals surface area contributed by atoms with E-state index in [-0.39, 0.29) is 0 Å². The molecule has 288 valence electrons.